The van der Waals surface area contributed by atoms with E-state index in [2.05, 4.69) is 28.7 Å². The lowest BCUT2D eigenvalue weighted by molar-refractivity contribution is -0.0445. The average Bonchev–Trinajstić information content (AvgIpc) is 3.08. The molecule has 0 amide bonds. The van der Waals surface area contributed by atoms with Gasteiger partial charge in [-0.05, 0) is 49.7 Å². The summed E-state index contributed by atoms with van der Waals surface area (Å²) in [7, 11) is 3.33. The van der Waals surface area contributed by atoms with Crippen molar-refractivity contribution in [2.45, 2.75) is 32.2 Å². The van der Waals surface area contributed by atoms with Crippen molar-refractivity contribution in [2.75, 3.05) is 20.8 Å². The monoisotopic (exact) mass is 421 g/mol. The molecule has 2 aromatic carbocycles. The minimum absolute atomic E-state index is 0.283. The molecule has 0 aliphatic carbocycles. The molecule has 162 valence electrons. The molecule has 0 saturated carbocycles. The lowest BCUT2D eigenvalue weighted by atomic mass is 10.1. The van der Waals surface area contributed by atoms with E-state index in [4.69, 9.17) is 18.9 Å². The summed E-state index contributed by atoms with van der Waals surface area (Å²) in [5, 5.41) is 0. The second kappa shape index (κ2) is 8.91. The van der Waals surface area contributed by atoms with Crippen LogP contribution in [-0.2, 0) is 11.3 Å². The van der Waals surface area contributed by atoms with Crippen LogP contribution in [0.1, 0.15) is 31.2 Å². The molecular formula is C24H27N3O4. The van der Waals surface area contributed by atoms with Crippen molar-refractivity contribution in [3.05, 3.63) is 72.1 Å². The molecule has 1 fully saturated rings. The molecule has 0 N–H and O–H groups in total. The predicted molar refractivity (Wildman–Crippen MR) is 116 cm³/mol. The van der Waals surface area contributed by atoms with Crippen LogP contribution in [0.3, 0.4) is 0 Å². The van der Waals surface area contributed by atoms with E-state index in [1.54, 1.807) is 32.7 Å². The third-order valence-corrected chi connectivity index (χ3v) is 5.12. The number of hydrogen-bond donors (Lipinski definition) is 0. The summed E-state index contributed by atoms with van der Waals surface area (Å²) in [6.45, 7) is 5.67. The Morgan fingerprint density at radius 1 is 0.968 bits per heavy atom. The lowest BCUT2D eigenvalue weighted by Gasteiger charge is -2.26. The summed E-state index contributed by atoms with van der Waals surface area (Å²) in [5.74, 6) is 2.19. The van der Waals surface area contributed by atoms with E-state index in [0.29, 0.717) is 18.3 Å². The molecule has 1 atom stereocenters. The standard InChI is InChI=1S/C24H27N3O4/c1-24(2)16-27(22(31-24)21-19(28-3)7-5-8-20(21)29-4)15-17-9-11-18(12-10-17)30-23-25-13-6-14-26-23/h5-14,22H,15-16H2,1-4H3. The molecule has 1 aliphatic heterocycles. The van der Waals surface area contributed by atoms with E-state index in [1.807, 2.05) is 42.5 Å². The SMILES string of the molecule is COc1cccc(OC)c1C1OC(C)(C)CN1Cc1ccc(Oc2ncccn2)cc1. The Kier molecular flexibility index (Phi) is 6.06. The molecule has 1 aliphatic rings. The molecule has 1 saturated heterocycles. The molecule has 1 unspecified atom stereocenters. The first-order valence-corrected chi connectivity index (χ1v) is 10.2. The normalized spacial score (nSPS) is 18.0. The van der Waals surface area contributed by atoms with E-state index in [9.17, 15) is 0 Å². The number of benzene rings is 2. The van der Waals surface area contributed by atoms with Crippen molar-refractivity contribution in [3.8, 4) is 23.3 Å². The van der Waals surface area contributed by atoms with Gasteiger partial charge in [-0.3, -0.25) is 4.90 Å². The van der Waals surface area contributed by atoms with Gasteiger partial charge >= 0.3 is 6.01 Å². The topological polar surface area (TPSA) is 65.9 Å². The van der Waals surface area contributed by atoms with Crippen molar-refractivity contribution >= 4 is 0 Å². The molecule has 7 heteroatoms. The van der Waals surface area contributed by atoms with E-state index in [-0.39, 0.29) is 11.8 Å². The zero-order chi connectivity index (χ0) is 21.8. The highest BCUT2D eigenvalue weighted by molar-refractivity contribution is 5.46. The number of nitrogens with zero attached hydrogens (tertiary/aromatic N) is 3. The van der Waals surface area contributed by atoms with Gasteiger partial charge < -0.3 is 18.9 Å². The van der Waals surface area contributed by atoms with Gasteiger partial charge in [0.1, 0.15) is 23.5 Å². The maximum absolute atomic E-state index is 6.43. The summed E-state index contributed by atoms with van der Waals surface area (Å²) in [4.78, 5) is 10.5. The third-order valence-electron chi connectivity index (χ3n) is 5.12. The second-order valence-corrected chi connectivity index (χ2v) is 7.99. The number of hydrogen-bond acceptors (Lipinski definition) is 7. The number of methoxy groups -OCH3 is 2. The van der Waals surface area contributed by atoms with Crippen LogP contribution in [0.25, 0.3) is 0 Å². The first kappa shape index (κ1) is 21.1. The van der Waals surface area contributed by atoms with Crippen molar-refractivity contribution in [1.29, 1.82) is 0 Å². The lowest BCUT2D eigenvalue weighted by Crippen LogP contribution is -2.28. The van der Waals surface area contributed by atoms with Gasteiger partial charge in [0.25, 0.3) is 0 Å². The maximum Gasteiger partial charge on any atom is 0.321 e. The first-order valence-electron chi connectivity index (χ1n) is 10.2. The Labute approximate surface area is 182 Å². The predicted octanol–water partition coefficient (Wildman–Crippen LogP) is 4.60. The largest absolute Gasteiger partial charge is 0.496 e. The summed E-state index contributed by atoms with van der Waals surface area (Å²) >= 11 is 0. The maximum atomic E-state index is 6.43. The highest BCUT2D eigenvalue weighted by Gasteiger charge is 2.41. The summed E-state index contributed by atoms with van der Waals surface area (Å²) < 4.78 is 23.4. The summed E-state index contributed by atoms with van der Waals surface area (Å²) in [6.07, 6.45) is 3.02. The molecule has 3 aromatic rings. The van der Waals surface area contributed by atoms with Gasteiger partial charge in [-0.1, -0.05) is 18.2 Å². The van der Waals surface area contributed by atoms with Crippen LogP contribution >= 0.6 is 0 Å². The van der Waals surface area contributed by atoms with Crippen LogP contribution in [0, 0.1) is 0 Å². The molecule has 1 aromatic heterocycles. The van der Waals surface area contributed by atoms with Crippen LogP contribution in [0.2, 0.25) is 0 Å². The fourth-order valence-electron chi connectivity index (χ4n) is 3.83. The van der Waals surface area contributed by atoms with Gasteiger partial charge in [0.2, 0.25) is 0 Å². The molecular weight excluding hydrogens is 394 g/mol. The van der Waals surface area contributed by atoms with Gasteiger partial charge in [-0.15, -0.1) is 0 Å². The smallest absolute Gasteiger partial charge is 0.321 e. The number of ether oxygens (including phenoxy) is 4. The third kappa shape index (κ3) is 4.78. The second-order valence-electron chi connectivity index (χ2n) is 7.99. The van der Waals surface area contributed by atoms with Crippen LogP contribution < -0.4 is 14.2 Å². The molecule has 0 radical (unpaired) electrons. The van der Waals surface area contributed by atoms with Gasteiger partial charge in [0.15, 0.2) is 0 Å². The van der Waals surface area contributed by atoms with Gasteiger partial charge in [0, 0.05) is 25.5 Å². The van der Waals surface area contributed by atoms with Crippen LogP contribution in [0.5, 0.6) is 23.3 Å². The average molecular weight is 421 g/mol. The summed E-state index contributed by atoms with van der Waals surface area (Å²) in [6, 6.07) is 15.8. The first-order chi connectivity index (χ1) is 15.0. The molecule has 0 spiro atoms. The Morgan fingerprint density at radius 2 is 1.61 bits per heavy atom. The Hall–Kier alpha value is -3.16. The van der Waals surface area contributed by atoms with Crippen LogP contribution in [-0.4, -0.2) is 41.2 Å². The van der Waals surface area contributed by atoms with Gasteiger partial charge in [-0.25, -0.2) is 9.97 Å². The van der Waals surface area contributed by atoms with Gasteiger partial charge in [-0.2, -0.15) is 0 Å². The van der Waals surface area contributed by atoms with E-state index < -0.39 is 0 Å². The van der Waals surface area contributed by atoms with Crippen molar-refractivity contribution in [2.24, 2.45) is 0 Å². The highest BCUT2D eigenvalue weighted by atomic mass is 16.5. The zero-order valence-electron chi connectivity index (χ0n) is 18.2. The molecule has 4 rings (SSSR count). The molecule has 0 bridgehead atoms. The molecule has 31 heavy (non-hydrogen) atoms. The Bertz CT molecular complexity index is 987. The highest BCUT2D eigenvalue weighted by Crippen LogP contribution is 2.44. The Balaban J connectivity index is 1.56. The van der Waals surface area contributed by atoms with E-state index >= 15 is 0 Å². The minimum Gasteiger partial charge on any atom is -0.496 e. The van der Waals surface area contributed by atoms with Crippen LogP contribution in [0.15, 0.2) is 60.9 Å². The Morgan fingerprint density at radius 3 is 2.23 bits per heavy atom. The van der Waals surface area contributed by atoms with Crippen LogP contribution in [0.4, 0.5) is 0 Å². The fraction of sp³-hybridized carbons (Fsp3) is 0.333. The van der Waals surface area contributed by atoms with E-state index in [0.717, 1.165) is 29.2 Å². The summed E-state index contributed by atoms with van der Waals surface area (Å²) in [5.41, 5.74) is 1.74. The minimum atomic E-state index is -0.301. The van der Waals surface area contributed by atoms with E-state index in [1.165, 1.54) is 0 Å². The van der Waals surface area contributed by atoms with Crippen molar-refractivity contribution in [3.63, 3.8) is 0 Å². The zero-order valence-corrected chi connectivity index (χ0v) is 18.2. The van der Waals surface area contributed by atoms with Crippen molar-refractivity contribution in [1.82, 2.24) is 14.9 Å². The number of rotatable bonds is 7. The quantitative estimate of drug-likeness (QED) is 0.552. The fourth-order valence-corrected chi connectivity index (χ4v) is 3.83. The molecule has 7 nitrogen and oxygen atoms in total. The molecule has 2 heterocycles. The van der Waals surface area contributed by atoms with Crippen molar-refractivity contribution < 1.29 is 18.9 Å². The number of aromatic nitrogens is 2. The van der Waals surface area contributed by atoms with Gasteiger partial charge in [0.05, 0.1) is 25.4 Å².